The molecule has 3 aliphatic rings. The number of carbonyl (C=O) groups is 2. The Labute approximate surface area is 181 Å². The van der Waals surface area contributed by atoms with Crippen LogP contribution < -0.4 is 10.6 Å². The summed E-state index contributed by atoms with van der Waals surface area (Å²) in [6, 6.07) is 8.51. The quantitative estimate of drug-likeness (QED) is 0.592. The maximum absolute atomic E-state index is 13.1. The van der Waals surface area contributed by atoms with Crippen LogP contribution in [0.25, 0.3) is 0 Å². The standard InChI is InChI=1S/C23H29N5O3/c29-20-16(22(30)28-10-4-5-11-28)12-17(27-23(31)25-15-6-2-1-3-7-15)19(20)18-13-24-21(26-18)14-8-9-14/h1-3,6-7,13-14,16-17,19-20,29H,4-5,8-12H2,(H,24,26)(H2,25,27,31)/t16-,17+,19+,20+/m0/s1. The summed E-state index contributed by atoms with van der Waals surface area (Å²) in [6.45, 7) is 1.49. The van der Waals surface area contributed by atoms with E-state index in [0.29, 0.717) is 18.0 Å². The smallest absolute Gasteiger partial charge is 0.319 e. The molecule has 1 saturated heterocycles. The molecule has 0 radical (unpaired) electrons. The van der Waals surface area contributed by atoms with Crippen molar-refractivity contribution in [2.45, 2.75) is 56.1 Å². The number of urea groups is 1. The van der Waals surface area contributed by atoms with Gasteiger partial charge in [0.05, 0.1) is 12.0 Å². The van der Waals surface area contributed by atoms with Crippen molar-refractivity contribution < 1.29 is 14.7 Å². The number of aromatic nitrogens is 2. The summed E-state index contributed by atoms with van der Waals surface area (Å²) in [4.78, 5) is 35.5. The summed E-state index contributed by atoms with van der Waals surface area (Å²) in [7, 11) is 0. The second-order valence-corrected chi connectivity index (χ2v) is 8.96. The number of para-hydroxylation sites is 1. The van der Waals surface area contributed by atoms with Crippen LogP contribution in [0.2, 0.25) is 0 Å². The predicted octanol–water partition coefficient (Wildman–Crippen LogP) is 2.56. The van der Waals surface area contributed by atoms with E-state index in [4.69, 9.17) is 0 Å². The van der Waals surface area contributed by atoms with Crippen LogP contribution >= 0.6 is 0 Å². The Kier molecular flexibility index (Phi) is 5.40. The number of nitrogens with zero attached hydrogens (tertiary/aromatic N) is 2. The van der Waals surface area contributed by atoms with Crippen LogP contribution in [-0.4, -0.2) is 57.1 Å². The van der Waals surface area contributed by atoms with Gasteiger partial charge in [-0.1, -0.05) is 18.2 Å². The molecule has 0 spiro atoms. The number of benzene rings is 1. The lowest BCUT2D eigenvalue weighted by Gasteiger charge is -2.24. The number of imidazole rings is 1. The molecule has 0 unspecified atom stereocenters. The van der Waals surface area contributed by atoms with Crippen molar-refractivity contribution in [3.8, 4) is 0 Å². The van der Waals surface area contributed by atoms with E-state index in [1.54, 1.807) is 6.20 Å². The number of amides is 3. The van der Waals surface area contributed by atoms with Gasteiger partial charge in [-0.2, -0.15) is 0 Å². The van der Waals surface area contributed by atoms with Crippen LogP contribution in [0.5, 0.6) is 0 Å². The van der Waals surface area contributed by atoms with E-state index >= 15 is 0 Å². The van der Waals surface area contributed by atoms with Gasteiger partial charge in [0, 0.05) is 48.5 Å². The first-order valence-electron chi connectivity index (χ1n) is 11.2. The summed E-state index contributed by atoms with van der Waals surface area (Å²) in [5, 5.41) is 17.0. The zero-order valence-electron chi connectivity index (χ0n) is 17.5. The minimum atomic E-state index is -0.873. The zero-order chi connectivity index (χ0) is 21.4. The minimum Gasteiger partial charge on any atom is -0.392 e. The number of aliphatic hydroxyl groups excluding tert-OH is 1. The Bertz CT molecular complexity index is 936. The van der Waals surface area contributed by atoms with Crippen molar-refractivity contribution in [2.24, 2.45) is 5.92 Å². The molecular weight excluding hydrogens is 394 g/mol. The van der Waals surface area contributed by atoms with Crippen molar-refractivity contribution in [3.63, 3.8) is 0 Å². The first-order valence-corrected chi connectivity index (χ1v) is 11.2. The Morgan fingerprint density at radius 1 is 1.13 bits per heavy atom. The largest absolute Gasteiger partial charge is 0.392 e. The summed E-state index contributed by atoms with van der Waals surface area (Å²) in [6.07, 6.45) is 5.54. The monoisotopic (exact) mass is 423 g/mol. The molecule has 8 nitrogen and oxygen atoms in total. The Hall–Kier alpha value is -2.87. The van der Waals surface area contributed by atoms with Gasteiger partial charge in [-0.15, -0.1) is 0 Å². The van der Waals surface area contributed by atoms with E-state index in [0.717, 1.165) is 50.3 Å². The van der Waals surface area contributed by atoms with Gasteiger partial charge in [-0.05, 0) is 44.2 Å². The topological polar surface area (TPSA) is 110 Å². The lowest BCUT2D eigenvalue weighted by Crippen LogP contribution is -2.41. The number of rotatable bonds is 5. The van der Waals surface area contributed by atoms with Gasteiger partial charge >= 0.3 is 6.03 Å². The molecule has 31 heavy (non-hydrogen) atoms. The van der Waals surface area contributed by atoms with E-state index < -0.39 is 17.9 Å². The summed E-state index contributed by atoms with van der Waals surface area (Å²) >= 11 is 0. The van der Waals surface area contributed by atoms with Gasteiger partial charge in [-0.3, -0.25) is 4.79 Å². The van der Waals surface area contributed by atoms with Crippen LogP contribution in [0.3, 0.4) is 0 Å². The third kappa shape index (κ3) is 4.17. The number of H-pyrrole nitrogens is 1. The average Bonchev–Trinajstić information content (AvgIpc) is 3.15. The molecule has 2 heterocycles. The van der Waals surface area contributed by atoms with Gasteiger partial charge in [0.1, 0.15) is 5.82 Å². The van der Waals surface area contributed by atoms with Gasteiger partial charge in [0.2, 0.25) is 5.91 Å². The fraction of sp³-hybridized carbons (Fsp3) is 0.522. The lowest BCUT2D eigenvalue weighted by molar-refractivity contribution is -0.137. The molecule has 1 aromatic carbocycles. The number of carbonyl (C=O) groups excluding carboxylic acids is 2. The highest BCUT2D eigenvalue weighted by molar-refractivity contribution is 5.89. The number of aliphatic hydroxyl groups is 1. The molecule has 2 aromatic rings. The normalized spacial score (nSPS) is 28.0. The highest BCUT2D eigenvalue weighted by Crippen LogP contribution is 2.42. The van der Waals surface area contributed by atoms with Gasteiger partial charge in [-0.25, -0.2) is 9.78 Å². The molecule has 0 bridgehead atoms. The molecule has 1 aromatic heterocycles. The highest BCUT2D eigenvalue weighted by atomic mass is 16.3. The van der Waals surface area contributed by atoms with Crippen LogP contribution in [-0.2, 0) is 4.79 Å². The fourth-order valence-corrected chi connectivity index (χ4v) is 4.96. The molecule has 3 amide bonds. The first-order chi connectivity index (χ1) is 15.1. The molecule has 2 aliphatic carbocycles. The number of aromatic amines is 1. The summed E-state index contributed by atoms with van der Waals surface area (Å²) in [5.74, 6) is 0.451. The Morgan fingerprint density at radius 2 is 1.87 bits per heavy atom. The summed E-state index contributed by atoms with van der Waals surface area (Å²) < 4.78 is 0. The molecule has 4 atom stereocenters. The number of nitrogens with one attached hydrogen (secondary N) is 3. The van der Waals surface area contributed by atoms with E-state index in [-0.39, 0.29) is 18.0 Å². The molecule has 8 heteroatoms. The van der Waals surface area contributed by atoms with Crippen molar-refractivity contribution in [3.05, 3.63) is 48.0 Å². The number of likely N-dealkylation sites (tertiary alicyclic amines) is 1. The molecular formula is C23H29N5O3. The van der Waals surface area contributed by atoms with Crippen LogP contribution in [0.1, 0.15) is 55.5 Å². The Morgan fingerprint density at radius 3 is 2.58 bits per heavy atom. The van der Waals surface area contributed by atoms with E-state index in [1.807, 2.05) is 35.2 Å². The average molecular weight is 424 g/mol. The first kappa shape index (κ1) is 20.1. The van der Waals surface area contributed by atoms with Crippen molar-refractivity contribution in [2.75, 3.05) is 18.4 Å². The molecule has 4 N–H and O–H groups in total. The SMILES string of the molecule is O=C(Nc1ccccc1)N[C@@H]1C[C@H](C(=O)N2CCCC2)[C@@H](O)[C@H]1c1cnc(C2CC2)[nH]1. The Balaban J connectivity index is 1.35. The van der Waals surface area contributed by atoms with E-state index in [1.165, 1.54) is 0 Å². The van der Waals surface area contributed by atoms with Gasteiger partial charge in [0.15, 0.2) is 0 Å². The number of hydrogen-bond donors (Lipinski definition) is 4. The van der Waals surface area contributed by atoms with Crippen molar-refractivity contribution >= 4 is 17.6 Å². The number of anilines is 1. The molecule has 3 fully saturated rings. The zero-order valence-corrected chi connectivity index (χ0v) is 17.5. The molecule has 2 saturated carbocycles. The maximum atomic E-state index is 13.1. The summed E-state index contributed by atoms with van der Waals surface area (Å²) in [5.41, 5.74) is 1.48. The van der Waals surface area contributed by atoms with Gasteiger partial charge in [0.25, 0.3) is 0 Å². The third-order valence-corrected chi connectivity index (χ3v) is 6.74. The van der Waals surface area contributed by atoms with E-state index in [2.05, 4.69) is 20.6 Å². The fourth-order valence-electron chi connectivity index (χ4n) is 4.96. The van der Waals surface area contributed by atoms with Crippen LogP contribution in [0, 0.1) is 5.92 Å². The molecule has 1 aliphatic heterocycles. The second-order valence-electron chi connectivity index (χ2n) is 8.96. The minimum absolute atomic E-state index is 0.00954. The van der Waals surface area contributed by atoms with Crippen LogP contribution in [0.4, 0.5) is 10.5 Å². The lowest BCUT2D eigenvalue weighted by atomic mass is 9.96. The van der Waals surface area contributed by atoms with Crippen LogP contribution in [0.15, 0.2) is 36.5 Å². The van der Waals surface area contributed by atoms with E-state index in [9.17, 15) is 14.7 Å². The van der Waals surface area contributed by atoms with Crippen molar-refractivity contribution in [1.82, 2.24) is 20.2 Å². The molecule has 164 valence electrons. The maximum Gasteiger partial charge on any atom is 0.319 e. The molecule has 5 rings (SSSR count). The highest BCUT2D eigenvalue weighted by Gasteiger charge is 2.49. The van der Waals surface area contributed by atoms with Gasteiger partial charge < -0.3 is 25.6 Å². The number of hydrogen-bond acceptors (Lipinski definition) is 4. The second kappa shape index (κ2) is 8.34. The van der Waals surface area contributed by atoms with Crippen molar-refractivity contribution in [1.29, 1.82) is 0 Å². The third-order valence-electron chi connectivity index (χ3n) is 6.74. The predicted molar refractivity (Wildman–Crippen MR) is 116 cm³/mol.